The molecule has 2 aromatic heterocycles. The molecule has 0 radical (unpaired) electrons. The SMILES string of the molecule is N#Cc1ccc(N2CCC(OC3CCN(Cc4ccnc(N)c4)CC3)CC2)nc1. The Hall–Kier alpha value is -2.69. The van der Waals surface area contributed by atoms with Crippen molar-refractivity contribution in [1.29, 1.82) is 5.26 Å². The summed E-state index contributed by atoms with van der Waals surface area (Å²) >= 11 is 0. The molecule has 7 heteroatoms. The second-order valence-corrected chi connectivity index (χ2v) is 7.90. The fourth-order valence-electron chi connectivity index (χ4n) is 4.19. The number of nitrogens with zero attached hydrogens (tertiary/aromatic N) is 5. The van der Waals surface area contributed by atoms with Gasteiger partial charge in [-0.1, -0.05) is 0 Å². The zero-order chi connectivity index (χ0) is 20.1. The smallest absolute Gasteiger partial charge is 0.128 e. The first-order valence-corrected chi connectivity index (χ1v) is 10.4. The lowest BCUT2D eigenvalue weighted by molar-refractivity contribution is -0.0518. The molecule has 0 unspecified atom stereocenters. The lowest BCUT2D eigenvalue weighted by Gasteiger charge is -2.37. The van der Waals surface area contributed by atoms with Crippen molar-refractivity contribution in [3.05, 3.63) is 47.8 Å². The first-order chi connectivity index (χ1) is 14.2. The molecule has 0 amide bonds. The third kappa shape index (κ3) is 5.22. The molecule has 2 aliphatic heterocycles. The summed E-state index contributed by atoms with van der Waals surface area (Å²) in [6, 6.07) is 9.88. The average molecular weight is 393 g/mol. The van der Waals surface area contributed by atoms with E-state index in [2.05, 4.69) is 25.8 Å². The molecular weight excluding hydrogens is 364 g/mol. The number of nitriles is 1. The fraction of sp³-hybridized carbons (Fsp3) is 0.500. The molecule has 4 heterocycles. The van der Waals surface area contributed by atoms with E-state index in [0.717, 1.165) is 64.2 Å². The molecule has 29 heavy (non-hydrogen) atoms. The maximum atomic E-state index is 8.90. The Kier molecular flexibility index (Phi) is 6.23. The van der Waals surface area contributed by atoms with Crippen molar-refractivity contribution in [3.8, 4) is 6.07 Å². The molecule has 4 rings (SSSR count). The first kappa shape index (κ1) is 19.6. The summed E-state index contributed by atoms with van der Waals surface area (Å²) < 4.78 is 6.42. The summed E-state index contributed by atoms with van der Waals surface area (Å²) in [4.78, 5) is 13.2. The van der Waals surface area contributed by atoms with Gasteiger partial charge >= 0.3 is 0 Å². The van der Waals surface area contributed by atoms with Gasteiger partial charge in [0.2, 0.25) is 0 Å². The van der Waals surface area contributed by atoms with Crippen LogP contribution in [-0.4, -0.2) is 53.3 Å². The summed E-state index contributed by atoms with van der Waals surface area (Å²) in [6.07, 6.45) is 8.33. The van der Waals surface area contributed by atoms with E-state index in [1.807, 2.05) is 24.3 Å². The fourth-order valence-corrected chi connectivity index (χ4v) is 4.19. The van der Waals surface area contributed by atoms with Gasteiger partial charge in [0.25, 0.3) is 0 Å². The summed E-state index contributed by atoms with van der Waals surface area (Å²) in [5, 5.41) is 8.90. The van der Waals surface area contributed by atoms with Crippen molar-refractivity contribution < 1.29 is 4.74 Å². The lowest BCUT2D eigenvalue weighted by Crippen LogP contribution is -2.42. The van der Waals surface area contributed by atoms with Crippen LogP contribution in [0.4, 0.5) is 11.6 Å². The Morgan fingerprint density at radius 2 is 1.76 bits per heavy atom. The summed E-state index contributed by atoms with van der Waals surface area (Å²) in [6.45, 7) is 4.94. The lowest BCUT2D eigenvalue weighted by atomic mass is 10.0. The predicted octanol–water partition coefficient (Wildman–Crippen LogP) is 2.58. The van der Waals surface area contributed by atoms with Crippen LogP contribution < -0.4 is 10.6 Å². The van der Waals surface area contributed by atoms with Crippen molar-refractivity contribution in [2.24, 2.45) is 0 Å². The molecule has 2 saturated heterocycles. The minimum absolute atomic E-state index is 0.334. The van der Waals surface area contributed by atoms with Gasteiger partial charge in [0.15, 0.2) is 0 Å². The van der Waals surface area contributed by atoms with Gasteiger partial charge in [-0.05, 0) is 55.5 Å². The summed E-state index contributed by atoms with van der Waals surface area (Å²) in [7, 11) is 0. The number of aromatic nitrogens is 2. The number of hydrogen-bond donors (Lipinski definition) is 1. The highest BCUT2D eigenvalue weighted by Gasteiger charge is 2.26. The van der Waals surface area contributed by atoms with Crippen LogP contribution in [0.25, 0.3) is 0 Å². The van der Waals surface area contributed by atoms with Crippen LogP contribution in [0, 0.1) is 11.3 Å². The summed E-state index contributed by atoms with van der Waals surface area (Å²) in [5.74, 6) is 1.54. The molecule has 2 aromatic rings. The van der Waals surface area contributed by atoms with Crippen molar-refractivity contribution >= 4 is 11.6 Å². The van der Waals surface area contributed by atoms with Crippen molar-refractivity contribution in [1.82, 2.24) is 14.9 Å². The highest BCUT2D eigenvalue weighted by atomic mass is 16.5. The van der Waals surface area contributed by atoms with Crippen LogP contribution >= 0.6 is 0 Å². The van der Waals surface area contributed by atoms with Crippen LogP contribution in [0.15, 0.2) is 36.7 Å². The van der Waals surface area contributed by atoms with Crippen molar-refractivity contribution in [2.45, 2.75) is 44.4 Å². The number of nitrogens with two attached hydrogens (primary N) is 1. The molecule has 0 aliphatic carbocycles. The second kappa shape index (κ2) is 9.21. The van der Waals surface area contributed by atoms with Gasteiger partial charge in [-0.2, -0.15) is 5.26 Å². The van der Waals surface area contributed by atoms with Gasteiger partial charge in [-0.25, -0.2) is 9.97 Å². The molecule has 0 bridgehead atoms. The minimum atomic E-state index is 0.334. The number of likely N-dealkylation sites (tertiary alicyclic amines) is 1. The van der Waals surface area contributed by atoms with Crippen LogP contribution in [0.1, 0.15) is 36.8 Å². The zero-order valence-electron chi connectivity index (χ0n) is 16.7. The quantitative estimate of drug-likeness (QED) is 0.836. The molecular formula is C22H28N6O. The highest BCUT2D eigenvalue weighted by Crippen LogP contribution is 2.24. The normalized spacial score (nSPS) is 19.2. The molecule has 0 saturated carbocycles. The average Bonchev–Trinajstić information content (AvgIpc) is 2.76. The number of hydrogen-bond acceptors (Lipinski definition) is 7. The van der Waals surface area contributed by atoms with E-state index >= 15 is 0 Å². The number of nitrogen functional groups attached to an aromatic ring is 1. The van der Waals surface area contributed by atoms with Crippen LogP contribution in [0.2, 0.25) is 0 Å². The highest BCUT2D eigenvalue weighted by molar-refractivity contribution is 5.42. The van der Waals surface area contributed by atoms with Gasteiger partial charge in [-0.15, -0.1) is 0 Å². The van der Waals surface area contributed by atoms with Gasteiger partial charge < -0.3 is 15.4 Å². The van der Waals surface area contributed by atoms with Crippen molar-refractivity contribution in [2.75, 3.05) is 36.8 Å². The van der Waals surface area contributed by atoms with Gasteiger partial charge in [-0.3, -0.25) is 4.90 Å². The van der Waals surface area contributed by atoms with E-state index in [0.29, 0.717) is 23.6 Å². The van der Waals surface area contributed by atoms with Crippen LogP contribution in [0.5, 0.6) is 0 Å². The van der Waals surface area contributed by atoms with E-state index < -0.39 is 0 Å². The van der Waals surface area contributed by atoms with Gasteiger partial charge in [0, 0.05) is 45.1 Å². The van der Waals surface area contributed by atoms with E-state index in [1.165, 1.54) is 5.56 Å². The van der Waals surface area contributed by atoms with E-state index in [9.17, 15) is 0 Å². The minimum Gasteiger partial charge on any atom is -0.384 e. The topological polar surface area (TPSA) is 91.3 Å². The molecule has 152 valence electrons. The number of ether oxygens (including phenoxy) is 1. The monoisotopic (exact) mass is 392 g/mol. The van der Waals surface area contributed by atoms with E-state index in [4.69, 9.17) is 15.7 Å². The molecule has 7 nitrogen and oxygen atoms in total. The molecule has 0 atom stereocenters. The molecule has 0 aromatic carbocycles. The predicted molar refractivity (Wildman–Crippen MR) is 112 cm³/mol. The Morgan fingerprint density at radius 1 is 1.03 bits per heavy atom. The van der Waals surface area contributed by atoms with Gasteiger partial charge in [0.1, 0.15) is 17.7 Å². The second-order valence-electron chi connectivity index (χ2n) is 7.90. The maximum Gasteiger partial charge on any atom is 0.128 e. The van der Waals surface area contributed by atoms with E-state index in [1.54, 1.807) is 12.4 Å². The molecule has 0 spiro atoms. The third-order valence-electron chi connectivity index (χ3n) is 5.81. The molecule has 2 aliphatic rings. The Morgan fingerprint density at radius 3 is 2.38 bits per heavy atom. The standard InChI is InChI=1S/C22H28N6O/c23-14-18-1-2-22(26-15-18)28-11-6-20(7-12-28)29-19-4-9-27(10-5-19)16-17-3-8-25-21(24)13-17/h1-3,8,13,15,19-20H,4-7,9-12,16H2,(H2,24,25). The molecule has 2 N–H and O–H groups in total. The maximum absolute atomic E-state index is 8.90. The van der Waals surface area contributed by atoms with Crippen LogP contribution in [0.3, 0.4) is 0 Å². The Labute approximate surface area is 172 Å². The summed E-state index contributed by atoms with van der Waals surface area (Å²) in [5.41, 5.74) is 7.61. The zero-order valence-corrected chi connectivity index (χ0v) is 16.7. The van der Waals surface area contributed by atoms with E-state index in [-0.39, 0.29) is 0 Å². The Balaban J connectivity index is 1.19. The number of anilines is 2. The molecule has 2 fully saturated rings. The number of piperidine rings is 2. The number of pyridine rings is 2. The third-order valence-corrected chi connectivity index (χ3v) is 5.81. The number of rotatable bonds is 5. The first-order valence-electron chi connectivity index (χ1n) is 10.4. The van der Waals surface area contributed by atoms with Crippen LogP contribution in [-0.2, 0) is 11.3 Å². The van der Waals surface area contributed by atoms with Gasteiger partial charge in [0.05, 0.1) is 17.8 Å². The Bertz CT molecular complexity index is 833. The van der Waals surface area contributed by atoms with Crippen molar-refractivity contribution in [3.63, 3.8) is 0 Å². The largest absolute Gasteiger partial charge is 0.384 e.